The summed E-state index contributed by atoms with van der Waals surface area (Å²) in [6, 6.07) is 0.837. The molecule has 0 amide bonds. The summed E-state index contributed by atoms with van der Waals surface area (Å²) in [7, 11) is 0. The maximum absolute atomic E-state index is 3.65. The number of hydrogen-bond acceptors (Lipinski definition) is 1. The van der Waals surface area contributed by atoms with E-state index in [1.165, 1.54) is 44.9 Å². The molecule has 1 fully saturated rings. The van der Waals surface area contributed by atoms with E-state index >= 15 is 0 Å². The van der Waals surface area contributed by atoms with Gasteiger partial charge in [-0.1, -0.05) is 46.5 Å². The van der Waals surface area contributed by atoms with E-state index < -0.39 is 0 Å². The van der Waals surface area contributed by atoms with Crippen molar-refractivity contribution < 1.29 is 0 Å². The van der Waals surface area contributed by atoms with Crippen molar-refractivity contribution in [2.75, 3.05) is 6.54 Å². The fourth-order valence-corrected chi connectivity index (χ4v) is 2.59. The fourth-order valence-electron chi connectivity index (χ4n) is 2.59. The van der Waals surface area contributed by atoms with Gasteiger partial charge < -0.3 is 5.32 Å². The van der Waals surface area contributed by atoms with E-state index in [0.29, 0.717) is 0 Å². The van der Waals surface area contributed by atoms with Crippen molar-refractivity contribution in [2.45, 2.75) is 71.8 Å². The van der Waals surface area contributed by atoms with Gasteiger partial charge in [-0.15, -0.1) is 0 Å². The lowest BCUT2D eigenvalue weighted by molar-refractivity contribution is 0.382. The molecule has 1 N–H and O–H groups in total. The van der Waals surface area contributed by atoms with Crippen LogP contribution in [0.5, 0.6) is 0 Å². The van der Waals surface area contributed by atoms with Crippen LogP contribution in [0.4, 0.5) is 0 Å². The average molecular weight is 211 g/mol. The van der Waals surface area contributed by atoms with Crippen LogP contribution in [0.25, 0.3) is 0 Å². The molecule has 15 heavy (non-hydrogen) atoms. The first-order valence-corrected chi connectivity index (χ1v) is 7.05. The first-order chi connectivity index (χ1) is 7.31. The summed E-state index contributed by atoms with van der Waals surface area (Å²) < 4.78 is 0. The summed E-state index contributed by atoms with van der Waals surface area (Å²) in [5.74, 6) is 2.00. The second-order valence-corrected chi connectivity index (χ2v) is 5.12. The van der Waals surface area contributed by atoms with Crippen LogP contribution in [0.2, 0.25) is 0 Å². The highest BCUT2D eigenvalue weighted by Crippen LogP contribution is 2.35. The molecule has 1 saturated carbocycles. The third-order valence-electron chi connectivity index (χ3n) is 3.94. The first kappa shape index (κ1) is 13.0. The van der Waals surface area contributed by atoms with Crippen molar-refractivity contribution >= 4 is 0 Å². The third-order valence-corrected chi connectivity index (χ3v) is 3.94. The molecule has 1 unspecified atom stereocenters. The lowest BCUT2D eigenvalue weighted by Gasteiger charge is -2.18. The maximum Gasteiger partial charge on any atom is 0.00952 e. The minimum Gasteiger partial charge on any atom is -0.314 e. The van der Waals surface area contributed by atoms with E-state index in [2.05, 4.69) is 26.1 Å². The van der Waals surface area contributed by atoms with Gasteiger partial charge in [-0.25, -0.2) is 0 Å². The Labute approximate surface area is 96.0 Å². The molecule has 0 aromatic heterocycles. The van der Waals surface area contributed by atoms with Crippen LogP contribution in [-0.4, -0.2) is 12.6 Å². The van der Waals surface area contributed by atoms with Gasteiger partial charge in [0.15, 0.2) is 0 Å². The van der Waals surface area contributed by atoms with Crippen LogP contribution in [0, 0.1) is 11.8 Å². The second-order valence-electron chi connectivity index (χ2n) is 5.12. The fraction of sp³-hybridized carbons (Fsp3) is 1.00. The van der Waals surface area contributed by atoms with Gasteiger partial charge in [0.2, 0.25) is 0 Å². The molecule has 1 atom stereocenters. The summed E-state index contributed by atoms with van der Waals surface area (Å²) in [6.45, 7) is 8.04. The molecule has 0 heterocycles. The van der Waals surface area contributed by atoms with E-state index in [0.717, 1.165) is 24.4 Å². The third kappa shape index (κ3) is 5.01. The topological polar surface area (TPSA) is 12.0 Å². The van der Waals surface area contributed by atoms with Gasteiger partial charge >= 0.3 is 0 Å². The quantitative estimate of drug-likeness (QED) is 0.608. The van der Waals surface area contributed by atoms with Gasteiger partial charge in [-0.2, -0.15) is 0 Å². The Morgan fingerprint density at radius 2 is 1.73 bits per heavy atom. The molecule has 1 aliphatic rings. The predicted octanol–water partition coefficient (Wildman–Crippen LogP) is 3.98. The van der Waals surface area contributed by atoms with E-state index in [-0.39, 0.29) is 0 Å². The molecule has 0 saturated heterocycles. The number of rotatable bonds is 9. The van der Waals surface area contributed by atoms with Crippen molar-refractivity contribution in [1.29, 1.82) is 0 Å². The van der Waals surface area contributed by atoms with Crippen molar-refractivity contribution in [3.63, 3.8) is 0 Å². The minimum absolute atomic E-state index is 0.837. The monoisotopic (exact) mass is 211 g/mol. The molecule has 90 valence electrons. The van der Waals surface area contributed by atoms with Crippen molar-refractivity contribution in [1.82, 2.24) is 5.32 Å². The van der Waals surface area contributed by atoms with Gasteiger partial charge in [0.05, 0.1) is 0 Å². The molecule has 0 radical (unpaired) electrons. The van der Waals surface area contributed by atoms with Crippen LogP contribution in [0.1, 0.15) is 65.7 Å². The lowest BCUT2D eigenvalue weighted by atomic mass is 9.94. The molecular weight excluding hydrogens is 182 g/mol. The van der Waals surface area contributed by atoms with Crippen LogP contribution in [-0.2, 0) is 0 Å². The summed E-state index contributed by atoms with van der Waals surface area (Å²) in [6.07, 6.45) is 9.97. The Kier molecular flexibility index (Phi) is 6.31. The highest BCUT2D eigenvalue weighted by Gasteiger charge is 2.29. The minimum atomic E-state index is 0.837. The Balaban J connectivity index is 2.10. The molecule has 1 nitrogen and oxygen atoms in total. The normalized spacial score (nSPS) is 18.4. The summed E-state index contributed by atoms with van der Waals surface area (Å²) in [5.41, 5.74) is 0. The molecule has 0 aromatic carbocycles. The molecule has 0 aromatic rings. The number of hydrogen-bond donors (Lipinski definition) is 1. The van der Waals surface area contributed by atoms with Gasteiger partial charge in [-0.05, 0) is 37.6 Å². The zero-order valence-corrected chi connectivity index (χ0v) is 10.9. The van der Waals surface area contributed by atoms with Gasteiger partial charge in [0, 0.05) is 6.04 Å². The predicted molar refractivity (Wildman–Crippen MR) is 68.1 cm³/mol. The molecular formula is C14H29N. The van der Waals surface area contributed by atoms with Gasteiger partial charge in [-0.3, -0.25) is 0 Å². The Morgan fingerprint density at radius 3 is 2.20 bits per heavy atom. The zero-order valence-electron chi connectivity index (χ0n) is 10.9. The molecule has 1 aliphatic carbocycles. The number of nitrogens with one attached hydrogen (secondary N) is 1. The van der Waals surface area contributed by atoms with Gasteiger partial charge in [0.25, 0.3) is 0 Å². The van der Waals surface area contributed by atoms with Crippen LogP contribution >= 0.6 is 0 Å². The van der Waals surface area contributed by atoms with E-state index in [1.807, 2.05) is 0 Å². The van der Waals surface area contributed by atoms with E-state index in [1.54, 1.807) is 0 Å². The largest absolute Gasteiger partial charge is 0.314 e. The van der Waals surface area contributed by atoms with Crippen molar-refractivity contribution in [2.24, 2.45) is 11.8 Å². The zero-order chi connectivity index (χ0) is 11.1. The van der Waals surface area contributed by atoms with Crippen LogP contribution in [0.15, 0.2) is 0 Å². The standard InChI is InChI=1S/C14H29N/c1-4-12(5-2)8-7-9-14(15-6-3)13-10-11-13/h12-15H,4-11H2,1-3H3. The molecule has 1 heteroatoms. The van der Waals surface area contributed by atoms with Crippen molar-refractivity contribution in [3.05, 3.63) is 0 Å². The van der Waals surface area contributed by atoms with E-state index in [9.17, 15) is 0 Å². The Bertz CT molecular complexity index is 147. The second kappa shape index (κ2) is 7.27. The highest BCUT2D eigenvalue weighted by molar-refractivity contribution is 4.86. The first-order valence-electron chi connectivity index (χ1n) is 7.05. The average Bonchev–Trinajstić information content (AvgIpc) is 3.06. The Morgan fingerprint density at radius 1 is 1.07 bits per heavy atom. The summed E-state index contributed by atoms with van der Waals surface area (Å²) >= 11 is 0. The summed E-state index contributed by atoms with van der Waals surface area (Å²) in [4.78, 5) is 0. The summed E-state index contributed by atoms with van der Waals surface area (Å²) in [5, 5.41) is 3.65. The molecule has 0 spiro atoms. The molecule has 1 rings (SSSR count). The van der Waals surface area contributed by atoms with Crippen molar-refractivity contribution in [3.8, 4) is 0 Å². The molecule has 0 aliphatic heterocycles. The SMILES string of the molecule is CCNC(CCCC(CC)CC)C1CC1. The maximum atomic E-state index is 3.65. The van der Waals surface area contributed by atoms with Crippen LogP contribution in [0.3, 0.4) is 0 Å². The highest BCUT2D eigenvalue weighted by atomic mass is 14.9. The Hall–Kier alpha value is -0.0400. The lowest BCUT2D eigenvalue weighted by Crippen LogP contribution is -2.30. The smallest absolute Gasteiger partial charge is 0.00952 e. The molecule has 0 bridgehead atoms. The van der Waals surface area contributed by atoms with E-state index in [4.69, 9.17) is 0 Å². The van der Waals surface area contributed by atoms with Gasteiger partial charge in [0.1, 0.15) is 0 Å². The van der Waals surface area contributed by atoms with Crippen LogP contribution < -0.4 is 5.32 Å².